The van der Waals surface area contributed by atoms with E-state index in [0.29, 0.717) is 5.46 Å². The van der Waals surface area contributed by atoms with E-state index in [9.17, 15) is 0 Å². The molecule has 0 amide bonds. The van der Waals surface area contributed by atoms with Crippen molar-refractivity contribution >= 4 is 23.9 Å². The average molecular weight is 184 g/mol. The Balaban J connectivity index is 2.92. The fourth-order valence-corrected chi connectivity index (χ4v) is 1.89. The SMILES string of the molecule is CC(C)(C)c1cc(B(O)O)cs1. The Bertz CT molecular complexity index is 262. The minimum atomic E-state index is -1.34. The van der Waals surface area contributed by atoms with Crippen molar-refractivity contribution in [1.82, 2.24) is 0 Å². The van der Waals surface area contributed by atoms with Crippen LogP contribution in [0.3, 0.4) is 0 Å². The van der Waals surface area contributed by atoms with Crippen LogP contribution < -0.4 is 5.46 Å². The van der Waals surface area contributed by atoms with Crippen molar-refractivity contribution in [2.45, 2.75) is 26.2 Å². The molecule has 66 valence electrons. The Morgan fingerprint density at radius 1 is 1.33 bits per heavy atom. The van der Waals surface area contributed by atoms with Crippen LogP contribution in [0.25, 0.3) is 0 Å². The standard InChI is InChI=1S/C8H13BO2S/c1-8(2,3)7-4-6(5-12-7)9(10)11/h4-5,10-11H,1-3H3. The smallest absolute Gasteiger partial charge is 0.423 e. The molecule has 0 saturated heterocycles. The van der Waals surface area contributed by atoms with Gasteiger partial charge in [-0.3, -0.25) is 0 Å². The second-order valence-electron chi connectivity index (χ2n) is 3.87. The van der Waals surface area contributed by atoms with Gasteiger partial charge in [0.2, 0.25) is 0 Å². The molecule has 4 heteroatoms. The molecular weight excluding hydrogens is 171 g/mol. The molecule has 12 heavy (non-hydrogen) atoms. The third-order valence-corrected chi connectivity index (χ3v) is 3.03. The normalized spacial score (nSPS) is 11.8. The molecule has 1 heterocycles. The average Bonchev–Trinajstić information content (AvgIpc) is 2.30. The lowest BCUT2D eigenvalue weighted by atomic mass is 9.81. The summed E-state index contributed by atoms with van der Waals surface area (Å²) in [6.45, 7) is 6.31. The highest BCUT2D eigenvalue weighted by Crippen LogP contribution is 2.25. The summed E-state index contributed by atoms with van der Waals surface area (Å²) in [5.41, 5.74) is 0.683. The Labute approximate surface area is 77.0 Å². The molecule has 2 nitrogen and oxygen atoms in total. The summed E-state index contributed by atoms with van der Waals surface area (Å²) < 4.78 is 0. The fourth-order valence-electron chi connectivity index (χ4n) is 0.880. The highest BCUT2D eigenvalue weighted by atomic mass is 32.1. The first kappa shape index (κ1) is 9.77. The lowest BCUT2D eigenvalue weighted by Crippen LogP contribution is -2.28. The van der Waals surface area contributed by atoms with E-state index in [1.54, 1.807) is 16.7 Å². The summed E-state index contributed by atoms with van der Waals surface area (Å²) in [7, 11) is -1.34. The van der Waals surface area contributed by atoms with E-state index in [1.165, 1.54) is 4.88 Å². The number of rotatable bonds is 1. The highest BCUT2D eigenvalue weighted by Gasteiger charge is 2.19. The minimum Gasteiger partial charge on any atom is -0.423 e. The maximum atomic E-state index is 8.86. The molecule has 0 fully saturated rings. The summed E-state index contributed by atoms with van der Waals surface area (Å²) in [5, 5.41) is 19.5. The molecule has 1 rings (SSSR count). The Hall–Kier alpha value is -0.315. The van der Waals surface area contributed by atoms with Crippen LogP contribution in [0.5, 0.6) is 0 Å². The van der Waals surface area contributed by atoms with Crippen LogP contribution >= 0.6 is 11.3 Å². The molecule has 0 unspecified atom stereocenters. The zero-order chi connectivity index (χ0) is 9.35. The van der Waals surface area contributed by atoms with Gasteiger partial charge in [-0.05, 0) is 22.3 Å². The van der Waals surface area contributed by atoms with E-state index >= 15 is 0 Å². The first-order valence-corrected chi connectivity index (χ1v) is 4.74. The Morgan fingerprint density at radius 2 is 1.92 bits per heavy atom. The lowest BCUT2D eigenvalue weighted by Gasteiger charge is -2.15. The molecule has 0 aliphatic rings. The minimum absolute atomic E-state index is 0.0950. The third kappa shape index (κ3) is 2.09. The molecule has 0 spiro atoms. The monoisotopic (exact) mass is 184 g/mol. The van der Waals surface area contributed by atoms with Gasteiger partial charge in [-0.15, -0.1) is 11.3 Å². The topological polar surface area (TPSA) is 40.5 Å². The Kier molecular flexibility index (Phi) is 2.61. The van der Waals surface area contributed by atoms with Gasteiger partial charge in [-0.1, -0.05) is 20.8 Å². The van der Waals surface area contributed by atoms with Crippen molar-refractivity contribution in [3.63, 3.8) is 0 Å². The van der Waals surface area contributed by atoms with Crippen molar-refractivity contribution in [2.24, 2.45) is 0 Å². The molecular formula is C8H13BO2S. The van der Waals surface area contributed by atoms with Crippen molar-refractivity contribution in [2.75, 3.05) is 0 Å². The second-order valence-corrected chi connectivity index (χ2v) is 4.78. The molecule has 1 aromatic heterocycles. The third-order valence-electron chi connectivity index (χ3n) is 1.66. The van der Waals surface area contributed by atoms with E-state index in [1.807, 2.05) is 6.07 Å². The summed E-state index contributed by atoms with van der Waals surface area (Å²) in [6, 6.07) is 1.84. The largest absolute Gasteiger partial charge is 0.489 e. The van der Waals surface area contributed by atoms with Gasteiger partial charge in [0.15, 0.2) is 0 Å². The first-order chi connectivity index (χ1) is 5.41. The molecule has 0 aromatic carbocycles. The van der Waals surface area contributed by atoms with Gasteiger partial charge >= 0.3 is 7.12 Å². The summed E-state index contributed by atoms with van der Waals surface area (Å²) >= 11 is 1.56. The van der Waals surface area contributed by atoms with Crippen LogP contribution in [0.4, 0.5) is 0 Å². The van der Waals surface area contributed by atoms with Crippen molar-refractivity contribution < 1.29 is 10.0 Å². The number of hydrogen-bond acceptors (Lipinski definition) is 3. The van der Waals surface area contributed by atoms with E-state index in [4.69, 9.17) is 10.0 Å². The quantitative estimate of drug-likeness (QED) is 0.631. The van der Waals surface area contributed by atoms with Gasteiger partial charge in [0, 0.05) is 4.88 Å². The van der Waals surface area contributed by atoms with Crippen LogP contribution in [-0.4, -0.2) is 17.2 Å². The second kappa shape index (κ2) is 3.20. The van der Waals surface area contributed by atoms with E-state index in [0.717, 1.165) is 0 Å². The van der Waals surface area contributed by atoms with Gasteiger partial charge in [0.05, 0.1) is 0 Å². The van der Waals surface area contributed by atoms with Crippen LogP contribution in [0.2, 0.25) is 0 Å². The summed E-state index contributed by atoms with van der Waals surface area (Å²) in [6.07, 6.45) is 0. The van der Waals surface area contributed by atoms with Crippen molar-refractivity contribution in [3.05, 3.63) is 16.3 Å². The maximum Gasteiger partial charge on any atom is 0.489 e. The van der Waals surface area contributed by atoms with Gasteiger partial charge in [-0.25, -0.2) is 0 Å². The predicted octanol–water partition coefficient (Wildman–Crippen LogP) is 0.725. The number of thiophene rings is 1. The summed E-state index contributed by atoms with van der Waals surface area (Å²) in [5.74, 6) is 0. The van der Waals surface area contributed by atoms with Crippen molar-refractivity contribution in [1.29, 1.82) is 0 Å². The van der Waals surface area contributed by atoms with Crippen molar-refractivity contribution in [3.8, 4) is 0 Å². The highest BCUT2D eigenvalue weighted by molar-refractivity contribution is 7.11. The maximum absolute atomic E-state index is 8.86. The molecule has 1 aromatic rings. The van der Waals surface area contributed by atoms with Gasteiger partial charge < -0.3 is 10.0 Å². The van der Waals surface area contributed by atoms with Crippen LogP contribution in [0.15, 0.2) is 11.4 Å². The molecule has 0 radical (unpaired) electrons. The van der Waals surface area contributed by atoms with Gasteiger partial charge in [0.25, 0.3) is 0 Å². The molecule has 2 N–H and O–H groups in total. The van der Waals surface area contributed by atoms with E-state index < -0.39 is 7.12 Å². The molecule has 0 aliphatic carbocycles. The zero-order valence-corrected chi connectivity index (χ0v) is 8.35. The number of hydrogen-bond donors (Lipinski definition) is 2. The molecule has 0 saturated carbocycles. The van der Waals surface area contributed by atoms with Gasteiger partial charge in [0.1, 0.15) is 0 Å². The molecule has 0 aliphatic heterocycles. The van der Waals surface area contributed by atoms with Crippen LogP contribution in [0.1, 0.15) is 25.6 Å². The predicted molar refractivity (Wildman–Crippen MR) is 52.8 cm³/mol. The van der Waals surface area contributed by atoms with Crippen LogP contribution in [0, 0.1) is 0 Å². The fraction of sp³-hybridized carbons (Fsp3) is 0.500. The van der Waals surface area contributed by atoms with Gasteiger partial charge in [-0.2, -0.15) is 0 Å². The Morgan fingerprint density at radius 3 is 2.17 bits per heavy atom. The van der Waals surface area contributed by atoms with Crippen LogP contribution in [-0.2, 0) is 5.41 Å². The zero-order valence-electron chi connectivity index (χ0n) is 7.53. The molecule has 0 bridgehead atoms. The van der Waals surface area contributed by atoms with E-state index in [2.05, 4.69) is 20.8 Å². The first-order valence-electron chi connectivity index (χ1n) is 3.86. The summed E-state index contributed by atoms with van der Waals surface area (Å²) in [4.78, 5) is 1.17. The molecule has 0 atom stereocenters. The lowest BCUT2D eigenvalue weighted by molar-refractivity contribution is 0.426. The van der Waals surface area contributed by atoms with E-state index in [-0.39, 0.29) is 5.41 Å².